The van der Waals surface area contributed by atoms with Gasteiger partial charge in [0.05, 0.1) is 16.1 Å². The maximum Gasteiger partial charge on any atom is 0.416 e. The third kappa shape index (κ3) is 8.87. The summed E-state index contributed by atoms with van der Waals surface area (Å²) in [7, 11) is -4.55. The van der Waals surface area contributed by atoms with Crippen LogP contribution >= 0.6 is 23.2 Å². The average molecular weight is 659 g/mol. The largest absolute Gasteiger partial charge is 0.416 e. The monoisotopic (exact) mass is 657 g/mol. The Morgan fingerprint density at radius 2 is 1.58 bits per heavy atom. The lowest BCUT2D eigenvalue weighted by Gasteiger charge is -2.33. The number of hydrogen-bond donors (Lipinski definition) is 1. The molecule has 0 saturated carbocycles. The van der Waals surface area contributed by atoms with Gasteiger partial charge in [-0.1, -0.05) is 53.0 Å². The average Bonchev–Trinajstić information content (AvgIpc) is 2.89. The molecule has 232 valence electrons. The van der Waals surface area contributed by atoms with Crippen LogP contribution in [0.15, 0.2) is 71.6 Å². The number of alkyl halides is 3. The summed E-state index contributed by atoms with van der Waals surface area (Å²) in [5.41, 5.74) is -0.951. The summed E-state index contributed by atoms with van der Waals surface area (Å²) in [5.74, 6) is -1.38. The molecule has 0 spiro atoms. The Kier molecular flexibility index (Phi) is 10.5. The number of amides is 2. The van der Waals surface area contributed by atoms with E-state index in [0.29, 0.717) is 21.0 Å². The molecule has 0 unspecified atom stereocenters. The maximum absolute atomic E-state index is 14.0. The molecule has 0 aliphatic rings. The highest BCUT2D eigenvalue weighted by atomic mass is 35.5. The second-order valence-corrected chi connectivity index (χ2v) is 13.8. The summed E-state index contributed by atoms with van der Waals surface area (Å²) in [5, 5.41) is 3.33. The molecule has 2 amide bonds. The summed E-state index contributed by atoms with van der Waals surface area (Å²) in [6.07, 6.45) is -4.77. The van der Waals surface area contributed by atoms with Crippen LogP contribution in [-0.2, 0) is 32.3 Å². The lowest BCUT2D eigenvalue weighted by Crippen LogP contribution is -2.54. The molecule has 43 heavy (non-hydrogen) atoms. The molecule has 0 saturated heterocycles. The number of nitrogens with zero attached hydrogens (tertiary/aromatic N) is 2. The number of nitrogens with one attached hydrogen (secondary N) is 1. The van der Waals surface area contributed by atoms with Crippen molar-refractivity contribution in [3.8, 4) is 0 Å². The van der Waals surface area contributed by atoms with Gasteiger partial charge in [-0.05, 0) is 82.6 Å². The molecule has 0 aliphatic carbocycles. The first-order valence-corrected chi connectivity index (χ1v) is 15.3. The van der Waals surface area contributed by atoms with Crippen LogP contribution in [0.3, 0.4) is 0 Å². The van der Waals surface area contributed by atoms with E-state index in [9.17, 15) is 31.2 Å². The molecule has 0 aliphatic heterocycles. The fourth-order valence-corrected chi connectivity index (χ4v) is 5.97. The van der Waals surface area contributed by atoms with Gasteiger partial charge in [-0.15, -0.1) is 0 Å². The molecule has 0 fully saturated rings. The number of benzene rings is 3. The molecule has 3 aromatic rings. The van der Waals surface area contributed by atoms with Gasteiger partial charge in [0.2, 0.25) is 11.8 Å². The lowest BCUT2D eigenvalue weighted by molar-refractivity contribution is -0.140. The van der Waals surface area contributed by atoms with E-state index in [-0.39, 0.29) is 22.2 Å². The highest BCUT2D eigenvalue weighted by molar-refractivity contribution is 7.92. The lowest BCUT2D eigenvalue weighted by atomic mass is 10.1. The van der Waals surface area contributed by atoms with E-state index >= 15 is 0 Å². The molecule has 0 heterocycles. The number of sulfonamides is 1. The summed E-state index contributed by atoms with van der Waals surface area (Å²) < 4.78 is 69.2. The first-order valence-electron chi connectivity index (χ1n) is 13.1. The Morgan fingerprint density at radius 3 is 2.14 bits per heavy atom. The predicted molar refractivity (Wildman–Crippen MR) is 162 cm³/mol. The van der Waals surface area contributed by atoms with Crippen LogP contribution in [0.5, 0.6) is 0 Å². The minimum Gasteiger partial charge on any atom is -0.350 e. The second kappa shape index (κ2) is 13.2. The molecule has 13 heteroatoms. The van der Waals surface area contributed by atoms with Crippen molar-refractivity contribution >= 4 is 50.7 Å². The zero-order chi connectivity index (χ0) is 32.3. The Balaban J connectivity index is 2.12. The van der Waals surface area contributed by atoms with Gasteiger partial charge in [-0.2, -0.15) is 13.2 Å². The van der Waals surface area contributed by atoms with Gasteiger partial charge in [0, 0.05) is 22.1 Å². The van der Waals surface area contributed by atoms with E-state index in [1.54, 1.807) is 39.8 Å². The van der Waals surface area contributed by atoms with E-state index in [4.69, 9.17) is 23.2 Å². The molecule has 0 radical (unpaired) electrons. The second-order valence-electron chi connectivity index (χ2n) is 11.0. The van der Waals surface area contributed by atoms with Crippen LogP contribution in [-0.4, -0.2) is 43.3 Å². The van der Waals surface area contributed by atoms with E-state index in [1.807, 2.05) is 0 Å². The zero-order valence-corrected chi connectivity index (χ0v) is 26.5. The zero-order valence-electron chi connectivity index (χ0n) is 24.2. The normalized spacial score (nSPS) is 12.9. The van der Waals surface area contributed by atoms with Crippen molar-refractivity contribution in [2.24, 2.45) is 0 Å². The molecule has 3 rings (SSSR count). The predicted octanol–water partition coefficient (Wildman–Crippen LogP) is 6.85. The third-order valence-corrected chi connectivity index (χ3v) is 8.75. The molecule has 0 bridgehead atoms. The van der Waals surface area contributed by atoms with Gasteiger partial charge < -0.3 is 10.2 Å². The molecule has 1 atom stereocenters. The van der Waals surface area contributed by atoms with E-state index in [0.717, 1.165) is 22.6 Å². The van der Waals surface area contributed by atoms with Crippen molar-refractivity contribution in [1.82, 2.24) is 10.2 Å². The SMILES string of the molecule is Cc1ccc(S(=O)(=O)N(CC(=O)N(Cc2ccc(Cl)cc2Cl)[C@H](C)C(=O)NC(C)(C)C)c2cccc(C(F)(F)F)c2)cc1. The number of carbonyl (C=O) groups is 2. The van der Waals surface area contributed by atoms with Crippen LogP contribution < -0.4 is 9.62 Å². The highest BCUT2D eigenvalue weighted by Crippen LogP contribution is 2.33. The quantitative estimate of drug-likeness (QED) is 0.273. The number of rotatable bonds is 9. The van der Waals surface area contributed by atoms with Crippen molar-refractivity contribution in [1.29, 1.82) is 0 Å². The third-order valence-electron chi connectivity index (χ3n) is 6.37. The minimum absolute atomic E-state index is 0.204. The molecule has 7 nitrogen and oxygen atoms in total. The standard InChI is InChI=1S/C30H32Cl2F3N3O4S/c1-19-9-13-25(14-10-19)43(41,42)38(24-8-6-7-22(15-24)30(33,34)35)18-27(39)37(20(2)28(40)36-29(3,4)5)17-21-11-12-23(31)16-26(21)32/h6-16,20H,17-18H2,1-5H3,(H,36,40)/t20-/m1/s1. The van der Waals surface area contributed by atoms with Gasteiger partial charge in [-0.25, -0.2) is 8.42 Å². The number of hydrogen-bond acceptors (Lipinski definition) is 4. The minimum atomic E-state index is -4.77. The van der Waals surface area contributed by atoms with Crippen molar-refractivity contribution in [2.45, 2.75) is 63.8 Å². The Labute approximate surface area is 259 Å². The van der Waals surface area contributed by atoms with Crippen LogP contribution in [0.25, 0.3) is 0 Å². The fraction of sp³-hybridized carbons (Fsp3) is 0.333. The number of anilines is 1. The van der Waals surface area contributed by atoms with E-state index < -0.39 is 51.7 Å². The molecule has 1 N–H and O–H groups in total. The van der Waals surface area contributed by atoms with E-state index in [1.165, 1.54) is 43.3 Å². The van der Waals surface area contributed by atoms with Gasteiger partial charge in [-0.3, -0.25) is 13.9 Å². The van der Waals surface area contributed by atoms with E-state index in [2.05, 4.69) is 5.32 Å². The Morgan fingerprint density at radius 1 is 0.953 bits per heavy atom. The Bertz CT molecular complexity index is 1590. The topological polar surface area (TPSA) is 86.8 Å². The first-order chi connectivity index (χ1) is 19.8. The van der Waals surface area contributed by atoms with Crippen LogP contribution in [0.2, 0.25) is 10.0 Å². The fourth-order valence-electron chi connectivity index (χ4n) is 4.09. The van der Waals surface area contributed by atoms with Crippen molar-refractivity contribution < 1.29 is 31.2 Å². The van der Waals surface area contributed by atoms with Crippen molar-refractivity contribution in [3.63, 3.8) is 0 Å². The van der Waals surface area contributed by atoms with Gasteiger partial charge >= 0.3 is 6.18 Å². The van der Waals surface area contributed by atoms with Gasteiger partial charge in [0.1, 0.15) is 12.6 Å². The van der Waals surface area contributed by atoms with Crippen LogP contribution in [0, 0.1) is 6.92 Å². The molecule has 3 aromatic carbocycles. The molecule has 0 aromatic heterocycles. The smallest absolute Gasteiger partial charge is 0.350 e. The highest BCUT2D eigenvalue weighted by Gasteiger charge is 2.36. The number of halogens is 5. The van der Waals surface area contributed by atoms with Gasteiger partial charge in [0.25, 0.3) is 10.0 Å². The number of carbonyl (C=O) groups excluding carboxylic acids is 2. The first kappa shape index (κ1) is 34.2. The van der Waals surface area contributed by atoms with Crippen molar-refractivity contribution in [2.75, 3.05) is 10.8 Å². The maximum atomic E-state index is 14.0. The number of aryl methyl sites for hydroxylation is 1. The van der Waals surface area contributed by atoms with Crippen LogP contribution in [0.4, 0.5) is 18.9 Å². The summed E-state index contributed by atoms with van der Waals surface area (Å²) in [4.78, 5) is 28.1. The summed E-state index contributed by atoms with van der Waals surface area (Å²) in [6.45, 7) is 7.35. The Hall–Kier alpha value is -3.28. The summed E-state index contributed by atoms with van der Waals surface area (Å²) >= 11 is 12.4. The van der Waals surface area contributed by atoms with Crippen LogP contribution in [0.1, 0.15) is 44.4 Å². The molecular weight excluding hydrogens is 626 g/mol. The summed E-state index contributed by atoms with van der Waals surface area (Å²) in [6, 6.07) is 12.8. The van der Waals surface area contributed by atoms with Gasteiger partial charge in [0.15, 0.2) is 0 Å². The molecular formula is C30H32Cl2F3N3O4S. The van der Waals surface area contributed by atoms with Crippen molar-refractivity contribution in [3.05, 3.63) is 93.5 Å².